The fourth-order valence-electron chi connectivity index (χ4n) is 2.31. The molecule has 140 valence electrons. The number of aliphatic hydroxyl groups is 4. The van der Waals surface area contributed by atoms with Gasteiger partial charge in [0.15, 0.2) is 17.8 Å². The highest BCUT2D eigenvalue weighted by molar-refractivity contribution is 5.67. The van der Waals surface area contributed by atoms with Gasteiger partial charge in [-0.15, -0.1) is 0 Å². The monoisotopic (exact) mass is 359 g/mol. The Morgan fingerprint density at radius 2 is 1.80 bits per heavy atom. The molecule has 1 aliphatic rings. The van der Waals surface area contributed by atoms with E-state index in [9.17, 15) is 35.4 Å². The lowest BCUT2D eigenvalue weighted by molar-refractivity contribution is -0.286. The highest BCUT2D eigenvalue weighted by atomic mass is 16.7. The Kier molecular flexibility index (Phi) is 6.39. The van der Waals surface area contributed by atoms with Crippen molar-refractivity contribution in [2.24, 2.45) is 0 Å². The zero-order valence-electron chi connectivity index (χ0n) is 13.1. The topological polar surface area (TPSA) is 169 Å². The molecule has 2 rings (SSSR count). The molecule has 1 saturated heterocycles. The fraction of sp³-hybridized carbons (Fsp3) is 0.533. The number of carbonyl (C=O) groups is 1. The van der Waals surface area contributed by atoms with Gasteiger partial charge in [-0.2, -0.15) is 0 Å². The number of carbonyl (C=O) groups excluding carboxylic acids is 1. The van der Waals surface area contributed by atoms with Crippen molar-refractivity contribution in [2.75, 3.05) is 13.2 Å². The van der Waals surface area contributed by atoms with E-state index in [1.54, 1.807) is 6.07 Å². The summed E-state index contributed by atoms with van der Waals surface area (Å²) in [7, 11) is 0. The Morgan fingerprint density at radius 3 is 2.48 bits per heavy atom. The van der Waals surface area contributed by atoms with Crippen LogP contribution in [0.4, 0.5) is 4.79 Å². The first kappa shape index (κ1) is 19.2. The Hall–Kier alpha value is -2.11. The van der Waals surface area contributed by atoms with Crippen LogP contribution in [0.1, 0.15) is 5.56 Å². The Morgan fingerprint density at radius 1 is 1.08 bits per heavy atom. The summed E-state index contributed by atoms with van der Waals surface area (Å²) in [5.41, 5.74) is 0.682. The number of aromatic hydroxyl groups is 2. The summed E-state index contributed by atoms with van der Waals surface area (Å²) < 4.78 is 9.71. The lowest BCUT2D eigenvalue weighted by Gasteiger charge is -2.37. The molecule has 10 heteroatoms. The van der Waals surface area contributed by atoms with Crippen molar-refractivity contribution >= 4 is 6.09 Å². The van der Waals surface area contributed by atoms with Crippen LogP contribution in [0.3, 0.4) is 0 Å². The maximum atomic E-state index is 11.6. The number of nitrogens with one attached hydrogen (secondary N) is 1. The van der Waals surface area contributed by atoms with Gasteiger partial charge in [-0.1, -0.05) is 6.07 Å². The van der Waals surface area contributed by atoms with Crippen LogP contribution in [-0.2, 0) is 15.9 Å². The minimum Gasteiger partial charge on any atom is -0.504 e. The smallest absolute Gasteiger partial charge is 0.407 e. The SMILES string of the molecule is O=C(NCCc1ccc(O)c(O)c1)OC[C@H]1O[C@@H](O)[C@H](O)[C@@H](O)[C@@H]1O. The molecule has 25 heavy (non-hydrogen) atoms. The summed E-state index contributed by atoms with van der Waals surface area (Å²) >= 11 is 0. The van der Waals surface area contributed by atoms with Crippen molar-refractivity contribution in [1.29, 1.82) is 0 Å². The lowest BCUT2D eigenvalue weighted by Crippen LogP contribution is -2.58. The lowest BCUT2D eigenvalue weighted by atomic mass is 9.99. The van der Waals surface area contributed by atoms with Crippen LogP contribution >= 0.6 is 0 Å². The normalized spacial score (nSPS) is 29.2. The first-order chi connectivity index (χ1) is 11.8. The van der Waals surface area contributed by atoms with Crippen LogP contribution in [-0.4, -0.2) is 80.6 Å². The van der Waals surface area contributed by atoms with Crippen molar-refractivity contribution in [3.05, 3.63) is 23.8 Å². The van der Waals surface area contributed by atoms with Gasteiger partial charge >= 0.3 is 6.09 Å². The van der Waals surface area contributed by atoms with E-state index in [-0.39, 0.29) is 18.0 Å². The molecule has 7 N–H and O–H groups in total. The van der Waals surface area contributed by atoms with E-state index in [0.717, 1.165) is 0 Å². The van der Waals surface area contributed by atoms with E-state index in [1.165, 1.54) is 12.1 Å². The van der Waals surface area contributed by atoms with E-state index in [1.807, 2.05) is 0 Å². The maximum Gasteiger partial charge on any atom is 0.407 e. The van der Waals surface area contributed by atoms with E-state index < -0.39 is 43.4 Å². The van der Waals surface area contributed by atoms with Gasteiger partial charge in [0.25, 0.3) is 0 Å². The average Bonchev–Trinajstić information content (AvgIpc) is 2.58. The summed E-state index contributed by atoms with van der Waals surface area (Å²) in [6.07, 6.45) is -8.12. The largest absolute Gasteiger partial charge is 0.504 e. The molecule has 0 radical (unpaired) electrons. The van der Waals surface area contributed by atoms with Crippen LogP contribution in [0.2, 0.25) is 0 Å². The first-order valence-corrected chi connectivity index (χ1v) is 7.59. The standard InChI is InChI=1S/C15H21NO9/c17-8-2-1-7(5-9(8)18)3-4-16-15(23)24-6-10-11(19)12(20)13(21)14(22)25-10/h1-2,5,10-14,17-22H,3-4,6H2,(H,16,23)/t10-,11-,12+,13-,14-/m1/s1. The van der Waals surface area contributed by atoms with Gasteiger partial charge in [-0.25, -0.2) is 4.79 Å². The molecule has 1 aromatic carbocycles. The predicted octanol–water partition coefficient (Wildman–Crippen LogP) is -1.83. The maximum absolute atomic E-state index is 11.6. The molecule has 1 fully saturated rings. The van der Waals surface area contributed by atoms with E-state index in [4.69, 9.17) is 9.47 Å². The van der Waals surface area contributed by atoms with Crippen LogP contribution in [0.25, 0.3) is 0 Å². The van der Waals surface area contributed by atoms with Crippen LogP contribution in [0.5, 0.6) is 11.5 Å². The van der Waals surface area contributed by atoms with Gasteiger partial charge in [0.05, 0.1) is 0 Å². The summed E-state index contributed by atoms with van der Waals surface area (Å²) in [6, 6.07) is 4.28. The van der Waals surface area contributed by atoms with Gasteiger partial charge in [-0.3, -0.25) is 0 Å². The zero-order chi connectivity index (χ0) is 18.6. The van der Waals surface area contributed by atoms with Crippen LogP contribution in [0, 0.1) is 0 Å². The van der Waals surface area contributed by atoms with Gasteiger partial charge in [0, 0.05) is 6.54 Å². The molecule has 0 aliphatic carbocycles. The second-order valence-electron chi connectivity index (χ2n) is 5.64. The van der Waals surface area contributed by atoms with Crippen molar-refractivity contribution in [2.45, 2.75) is 37.1 Å². The molecular formula is C15H21NO9. The number of hydrogen-bond acceptors (Lipinski definition) is 9. The number of hydrogen-bond donors (Lipinski definition) is 7. The second kappa shape index (κ2) is 8.32. The number of benzene rings is 1. The van der Waals surface area contributed by atoms with Crippen molar-refractivity contribution in [3.63, 3.8) is 0 Å². The fourth-order valence-corrected chi connectivity index (χ4v) is 2.31. The second-order valence-corrected chi connectivity index (χ2v) is 5.64. The molecule has 1 aromatic rings. The Bertz CT molecular complexity index is 596. The molecular weight excluding hydrogens is 338 g/mol. The third-order valence-corrected chi connectivity index (χ3v) is 3.79. The molecule has 0 bridgehead atoms. The number of alkyl carbamates (subject to hydrolysis) is 1. The third kappa shape index (κ3) is 4.94. The van der Waals surface area contributed by atoms with Crippen LogP contribution in [0.15, 0.2) is 18.2 Å². The Labute approximate surface area is 142 Å². The number of ether oxygens (including phenoxy) is 2. The number of phenolic OH excluding ortho intramolecular Hbond substituents is 2. The minimum atomic E-state index is -1.70. The van der Waals surface area contributed by atoms with Crippen LogP contribution < -0.4 is 5.32 Å². The first-order valence-electron chi connectivity index (χ1n) is 7.59. The highest BCUT2D eigenvalue weighted by Gasteiger charge is 2.43. The molecule has 10 nitrogen and oxygen atoms in total. The molecule has 1 heterocycles. The highest BCUT2D eigenvalue weighted by Crippen LogP contribution is 2.24. The van der Waals surface area contributed by atoms with Crippen molar-refractivity contribution in [1.82, 2.24) is 5.32 Å². The number of phenols is 2. The van der Waals surface area contributed by atoms with Gasteiger partial charge in [0.2, 0.25) is 0 Å². The van der Waals surface area contributed by atoms with Gasteiger partial charge in [0.1, 0.15) is 31.0 Å². The van der Waals surface area contributed by atoms with Gasteiger partial charge in [-0.05, 0) is 24.1 Å². The number of amides is 1. The molecule has 0 aromatic heterocycles. The summed E-state index contributed by atoms with van der Waals surface area (Å²) in [6.45, 7) is -0.255. The van der Waals surface area contributed by atoms with Gasteiger partial charge < -0.3 is 45.4 Å². The molecule has 0 spiro atoms. The minimum absolute atomic E-state index is 0.182. The van der Waals surface area contributed by atoms with Crippen molar-refractivity contribution in [3.8, 4) is 11.5 Å². The predicted molar refractivity (Wildman–Crippen MR) is 81.7 cm³/mol. The van der Waals surface area contributed by atoms with Crippen molar-refractivity contribution < 1.29 is 44.9 Å². The summed E-state index contributed by atoms with van der Waals surface area (Å²) in [5, 5.41) is 58.9. The molecule has 0 saturated carbocycles. The summed E-state index contributed by atoms with van der Waals surface area (Å²) in [4.78, 5) is 11.6. The number of aliphatic hydroxyl groups excluding tert-OH is 4. The average molecular weight is 359 g/mol. The van der Waals surface area contributed by atoms with E-state index in [0.29, 0.717) is 12.0 Å². The number of rotatable bonds is 5. The molecule has 1 amide bonds. The molecule has 0 unspecified atom stereocenters. The third-order valence-electron chi connectivity index (χ3n) is 3.79. The Balaban J connectivity index is 1.72. The quantitative estimate of drug-likeness (QED) is 0.299. The molecule has 1 aliphatic heterocycles. The zero-order valence-corrected chi connectivity index (χ0v) is 13.1. The molecule has 5 atom stereocenters. The van der Waals surface area contributed by atoms with E-state index >= 15 is 0 Å². The summed E-state index contributed by atoms with van der Waals surface area (Å²) in [5.74, 6) is -0.500. The van der Waals surface area contributed by atoms with E-state index in [2.05, 4.69) is 5.32 Å².